The molecule has 2 atom stereocenters. The van der Waals surface area contributed by atoms with E-state index in [0.29, 0.717) is 23.9 Å². The molecule has 118 valence electrons. The summed E-state index contributed by atoms with van der Waals surface area (Å²) in [5, 5.41) is 10.1. The van der Waals surface area contributed by atoms with Gasteiger partial charge in [-0.25, -0.2) is 0 Å². The first-order valence-electron chi connectivity index (χ1n) is 7.55. The molecule has 5 heteroatoms. The van der Waals surface area contributed by atoms with Gasteiger partial charge in [0.1, 0.15) is 18.5 Å². The van der Waals surface area contributed by atoms with Crippen LogP contribution in [0.2, 0.25) is 0 Å². The predicted molar refractivity (Wildman–Crippen MR) is 83.4 cm³/mol. The van der Waals surface area contributed by atoms with Gasteiger partial charge in [0.05, 0.1) is 6.61 Å². The monoisotopic (exact) mass is 294 g/mol. The van der Waals surface area contributed by atoms with E-state index in [2.05, 4.69) is 4.90 Å². The molecular formula is C16H26N2O3. The molecule has 3 N–H and O–H groups in total. The standard InChI is InChI=1S/C16H26N2O3/c1-20-11-13-4-3-7-18(9-13)10-15(19)12-21-16-6-2-5-14(17)8-16/h2,5-6,8,13,15,19H,3-4,7,9-12,17H2,1H3. The first-order valence-corrected chi connectivity index (χ1v) is 7.55. The Morgan fingerprint density at radius 3 is 3.10 bits per heavy atom. The molecule has 5 nitrogen and oxygen atoms in total. The van der Waals surface area contributed by atoms with Gasteiger partial charge in [-0.3, -0.25) is 0 Å². The minimum Gasteiger partial charge on any atom is -0.491 e. The molecule has 0 amide bonds. The van der Waals surface area contributed by atoms with Crippen molar-refractivity contribution in [3.8, 4) is 5.75 Å². The summed E-state index contributed by atoms with van der Waals surface area (Å²) in [5.74, 6) is 1.27. The zero-order chi connectivity index (χ0) is 15.1. The van der Waals surface area contributed by atoms with E-state index in [4.69, 9.17) is 15.2 Å². The summed E-state index contributed by atoms with van der Waals surface area (Å²) in [5.41, 5.74) is 6.36. The van der Waals surface area contributed by atoms with Crippen molar-refractivity contribution in [3.63, 3.8) is 0 Å². The molecule has 1 saturated heterocycles. The molecule has 0 aliphatic carbocycles. The highest BCUT2D eigenvalue weighted by Gasteiger charge is 2.21. The molecule has 2 rings (SSSR count). The summed E-state index contributed by atoms with van der Waals surface area (Å²) in [6, 6.07) is 7.27. The van der Waals surface area contributed by atoms with Crippen LogP contribution in [0.5, 0.6) is 5.75 Å². The molecule has 0 aromatic heterocycles. The van der Waals surface area contributed by atoms with Crippen molar-refractivity contribution in [1.82, 2.24) is 4.90 Å². The molecule has 1 aromatic carbocycles. The van der Waals surface area contributed by atoms with Crippen LogP contribution in [0, 0.1) is 5.92 Å². The highest BCUT2D eigenvalue weighted by Crippen LogP contribution is 2.18. The zero-order valence-corrected chi connectivity index (χ0v) is 12.7. The Morgan fingerprint density at radius 1 is 1.48 bits per heavy atom. The number of rotatable bonds is 7. The number of methoxy groups -OCH3 is 1. The normalized spacial score (nSPS) is 21.1. The van der Waals surface area contributed by atoms with Crippen LogP contribution in [0.1, 0.15) is 12.8 Å². The maximum absolute atomic E-state index is 10.1. The van der Waals surface area contributed by atoms with Gasteiger partial charge in [0, 0.05) is 32.0 Å². The minimum atomic E-state index is -0.493. The number of nitrogens with zero attached hydrogens (tertiary/aromatic N) is 1. The number of aliphatic hydroxyl groups excluding tert-OH is 1. The molecule has 21 heavy (non-hydrogen) atoms. The molecule has 1 fully saturated rings. The molecule has 1 aliphatic rings. The quantitative estimate of drug-likeness (QED) is 0.743. The lowest BCUT2D eigenvalue weighted by atomic mass is 9.99. The van der Waals surface area contributed by atoms with E-state index in [1.807, 2.05) is 18.2 Å². The highest BCUT2D eigenvalue weighted by atomic mass is 16.5. The number of nitrogens with two attached hydrogens (primary N) is 1. The third-order valence-corrected chi connectivity index (χ3v) is 3.77. The third-order valence-electron chi connectivity index (χ3n) is 3.77. The number of aliphatic hydroxyl groups is 1. The van der Waals surface area contributed by atoms with Gasteiger partial charge < -0.3 is 25.2 Å². The number of piperidine rings is 1. The molecule has 0 spiro atoms. The van der Waals surface area contributed by atoms with Gasteiger partial charge in [0.25, 0.3) is 0 Å². The maximum Gasteiger partial charge on any atom is 0.121 e. The van der Waals surface area contributed by atoms with Crippen molar-refractivity contribution in [2.75, 3.05) is 45.7 Å². The number of β-amino-alcohol motifs (C(OH)–C–C–N with tert-alkyl or cyclic N) is 1. The van der Waals surface area contributed by atoms with Crippen LogP contribution in [0.3, 0.4) is 0 Å². The first-order chi connectivity index (χ1) is 10.2. The molecule has 2 unspecified atom stereocenters. The average Bonchev–Trinajstić information content (AvgIpc) is 2.46. The Balaban J connectivity index is 1.72. The fraction of sp³-hybridized carbons (Fsp3) is 0.625. The van der Waals surface area contributed by atoms with Crippen LogP contribution < -0.4 is 10.5 Å². The average molecular weight is 294 g/mol. The van der Waals surface area contributed by atoms with E-state index >= 15 is 0 Å². The lowest BCUT2D eigenvalue weighted by Gasteiger charge is -2.33. The molecule has 1 heterocycles. The van der Waals surface area contributed by atoms with Crippen molar-refractivity contribution in [1.29, 1.82) is 0 Å². The summed E-state index contributed by atoms with van der Waals surface area (Å²) in [6.45, 7) is 3.75. The molecule has 0 saturated carbocycles. The van der Waals surface area contributed by atoms with Gasteiger partial charge >= 0.3 is 0 Å². The van der Waals surface area contributed by atoms with Gasteiger partial charge in [0.15, 0.2) is 0 Å². The molecule has 0 radical (unpaired) electrons. The Morgan fingerprint density at radius 2 is 2.33 bits per heavy atom. The zero-order valence-electron chi connectivity index (χ0n) is 12.7. The summed E-state index contributed by atoms with van der Waals surface area (Å²) >= 11 is 0. The Labute approximate surface area is 126 Å². The second-order valence-electron chi connectivity index (χ2n) is 5.76. The molecular weight excluding hydrogens is 268 g/mol. The molecule has 1 aliphatic heterocycles. The second-order valence-corrected chi connectivity index (χ2v) is 5.76. The van der Waals surface area contributed by atoms with Gasteiger partial charge in [-0.15, -0.1) is 0 Å². The number of hydrogen-bond donors (Lipinski definition) is 2. The Bertz CT molecular complexity index is 426. The van der Waals surface area contributed by atoms with E-state index in [9.17, 15) is 5.11 Å². The van der Waals surface area contributed by atoms with Gasteiger partial charge in [-0.1, -0.05) is 6.07 Å². The number of ether oxygens (including phenoxy) is 2. The van der Waals surface area contributed by atoms with Gasteiger partial charge in [-0.2, -0.15) is 0 Å². The smallest absolute Gasteiger partial charge is 0.121 e. The lowest BCUT2D eigenvalue weighted by Crippen LogP contribution is -2.42. The van der Waals surface area contributed by atoms with Crippen LogP contribution in [0.4, 0.5) is 5.69 Å². The molecule has 1 aromatic rings. The van der Waals surface area contributed by atoms with Crippen LogP contribution in [-0.2, 0) is 4.74 Å². The summed E-state index contributed by atoms with van der Waals surface area (Å²) in [7, 11) is 1.74. The first kappa shape index (κ1) is 16.1. The second kappa shape index (κ2) is 8.22. The number of likely N-dealkylation sites (tertiary alicyclic amines) is 1. The largest absolute Gasteiger partial charge is 0.491 e. The number of benzene rings is 1. The van der Waals surface area contributed by atoms with E-state index in [1.54, 1.807) is 13.2 Å². The van der Waals surface area contributed by atoms with Crippen molar-refractivity contribution < 1.29 is 14.6 Å². The lowest BCUT2D eigenvalue weighted by molar-refractivity contribution is 0.0371. The fourth-order valence-electron chi connectivity index (χ4n) is 2.84. The van der Waals surface area contributed by atoms with Crippen LogP contribution in [0.25, 0.3) is 0 Å². The fourth-order valence-corrected chi connectivity index (χ4v) is 2.84. The number of nitrogen functional groups attached to an aromatic ring is 1. The van der Waals surface area contributed by atoms with E-state index in [1.165, 1.54) is 6.42 Å². The van der Waals surface area contributed by atoms with Crippen molar-refractivity contribution in [3.05, 3.63) is 24.3 Å². The summed E-state index contributed by atoms with van der Waals surface area (Å²) < 4.78 is 10.8. The van der Waals surface area contributed by atoms with Crippen LogP contribution in [-0.4, -0.2) is 56.1 Å². The van der Waals surface area contributed by atoms with Crippen molar-refractivity contribution in [2.24, 2.45) is 5.92 Å². The Kier molecular flexibility index (Phi) is 6.29. The predicted octanol–water partition coefficient (Wildman–Crippen LogP) is 1.37. The van der Waals surface area contributed by atoms with Crippen molar-refractivity contribution in [2.45, 2.75) is 18.9 Å². The van der Waals surface area contributed by atoms with E-state index in [-0.39, 0.29) is 6.61 Å². The molecule has 0 bridgehead atoms. The van der Waals surface area contributed by atoms with Crippen molar-refractivity contribution >= 4 is 5.69 Å². The topological polar surface area (TPSA) is 68.0 Å². The minimum absolute atomic E-state index is 0.287. The SMILES string of the molecule is COCC1CCCN(CC(O)COc2cccc(N)c2)C1. The number of anilines is 1. The van der Waals surface area contributed by atoms with Gasteiger partial charge in [0.2, 0.25) is 0 Å². The van der Waals surface area contributed by atoms with E-state index < -0.39 is 6.10 Å². The van der Waals surface area contributed by atoms with Gasteiger partial charge in [-0.05, 0) is 37.4 Å². The third kappa shape index (κ3) is 5.53. The maximum atomic E-state index is 10.1. The highest BCUT2D eigenvalue weighted by molar-refractivity contribution is 5.43. The number of hydrogen-bond acceptors (Lipinski definition) is 5. The summed E-state index contributed by atoms with van der Waals surface area (Å²) in [6.07, 6.45) is 1.88. The summed E-state index contributed by atoms with van der Waals surface area (Å²) in [4.78, 5) is 2.29. The Hall–Kier alpha value is -1.30. The van der Waals surface area contributed by atoms with Crippen LogP contribution in [0.15, 0.2) is 24.3 Å². The van der Waals surface area contributed by atoms with E-state index in [0.717, 1.165) is 26.1 Å². The van der Waals surface area contributed by atoms with Crippen LogP contribution >= 0.6 is 0 Å².